The van der Waals surface area contributed by atoms with Crippen LogP contribution in [0.25, 0.3) is 11.1 Å². The van der Waals surface area contributed by atoms with Gasteiger partial charge in [0.25, 0.3) is 11.9 Å². The third-order valence-corrected chi connectivity index (χ3v) is 6.91. The summed E-state index contributed by atoms with van der Waals surface area (Å²) in [6.07, 6.45) is -3.50. The molecular weight excluding hydrogens is 523 g/mol. The highest BCUT2D eigenvalue weighted by Gasteiger charge is 2.42. The number of rotatable bonds is 7. The summed E-state index contributed by atoms with van der Waals surface area (Å²) in [6.45, 7) is 0.911. The average molecular weight is 550 g/mol. The molecule has 4 aromatic rings. The van der Waals surface area contributed by atoms with Gasteiger partial charge in [-0.25, -0.2) is 0 Å². The van der Waals surface area contributed by atoms with Crippen LogP contribution in [0.4, 0.5) is 24.9 Å². The van der Waals surface area contributed by atoms with E-state index in [0.29, 0.717) is 24.6 Å². The molecule has 0 radical (unpaired) electrons. The fraction of sp³-hybridized carbons (Fsp3) is 0.233. The van der Waals surface area contributed by atoms with Crippen LogP contribution >= 0.6 is 0 Å². The highest BCUT2D eigenvalue weighted by Crippen LogP contribution is 2.36. The van der Waals surface area contributed by atoms with E-state index in [1.807, 2.05) is 30.3 Å². The average Bonchev–Trinajstić information content (AvgIpc) is 3.41. The number of nitrogens with zero attached hydrogens (tertiary/aromatic N) is 2. The number of carbonyl (C=O) groups is 2. The number of aromatic nitrogens is 1. The largest absolute Gasteiger partial charge is 0.481 e. The van der Waals surface area contributed by atoms with Crippen molar-refractivity contribution in [2.24, 2.45) is 0 Å². The summed E-state index contributed by atoms with van der Waals surface area (Å²) in [5, 5.41) is 11.4. The Morgan fingerprint density at radius 3 is 2.10 bits per heavy atom. The summed E-state index contributed by atoms with van der Waals surface area (Å²) in [5.74, 6) is -2.56. The normalized spacial score (nSPS) is 14.2. The Morgan fingerprint density at radius 1 is 0.925 bits per heavy atom. The number of hydrogen-bond acceptors (Lipinski definition) is 5. The molecule has 1 aliphatic rings. The van der Waals surface area contributed by atoms with Gasteiger partial charge in [-0.3, -0.25) is 9.59 Å². The van der Waals surface area contributed by atoms with E-state index in [-0.39, 0.29) is 18.1 Å². The lowest BCUT2D eigenvalue weighted by molar-refractivity contribution is -0.141. The molecule has 0 atom stereocenters. The molecule has 1 saturated heterocycles. The van der Waals surface area contributed by atoms with Gasteiger partial charge in [-0.2, -0.15) is 18.2 Å². The van der Waals surface area contributed by atoms with E-state index in [2.05, 4.69) is 10.3 Å². The van der Waals surface area contributed by atoms with Crippen molar-refractivity contribution < 1.29 is 32.3 Å². The number of anilines is 2. The first-order chi connectivity index (χ1) is 19.2. The smallest absolute Gasteiger partial charge is 0.437 e. The molecule has 1 aliphatic heterocycles. The van der Waals surface area contributed by atoms with Crippen LogP contribution in [0.1, 0.15) is 46.1 Å². The number of carboxylic acids is 1. The number of oxazole rings is 1. The van der Waals surface area contributed by atoms with Crippen molar-refractivity contribution in [2.75, 3.05) is 23.3 Å². The number of hydrogen-bond donors (Lipinski definition) is 2. The van der Waals surface area contributed by atoms with Gasteiger partial charge in [0.05, 0.1) is 6.42 Å². The van der Waals surface area contributed by atoms with Crippen LogP contribution in [0, 0.1) is 0 Å². The predicted molar refractivity (Wildman–Crippen MR) is 143 cm³/mol. The second-order valence-corrected chi connectivity index (χ2v) is 9.64. The monoisotopic (exact) mass is 549 g/mol. The Kier molecular flexibility index (Phi) is 7.59. The molecule has 2 heterocycles. The van der Waals surface area contributed by atoms with Gasteiger partial charge in [0.2, 0.25) is 5.76 Å². The van der Waals surface area contributed by atoms with Gasteiger partial charge in [-0.1, -0.05) is 66.7 Å². The zero-order chi connectivity index (χ0) is 28.3. The Labute approximate surface area is 228 Å². The summed E-state index contributed by atoms with van der Waals surface area (Å²) in [6, 6.07) is 23.3. The second-order valence-electron chi connectivity index (χ2n) is 9.64. The number of nitrogens with one attached hydrogen (secondary N) is 1. The van der Waals surface area contributed by atoms with Crippen LogP contribution in [0.5, 0.6) is 0 Å². The summed E-state index contributed by atoms with van der Waals surface area (Å²) in [5.41, 5.74) is 2.38. The van der Waals surface area contributed by atoms with E-state index in [0.717, 1.165) is 24.0 Å². The minimum Gasteiger partial charge on any atom is -0.481 e. The van der Waals surface area contributed by atoms with Gasteiger partial charge < -0.3 is 19.7 Å². The molecule has 0 bridgehead atoms. The van der Waals surface area contributed by atoms with Crippen LogP contribution in [0.3, 0.4) is 0 Å². The molecule has 40 heavy (non-hydrogen) atoms. The maximum absolute atomic E-state index is 13.8. The first-order valence-corrected chi connectivity index (χ1v) is 12.8. The molecule has 1 fully saturated rings. The molecule has 5 rings (SSSR count). The third-order valence-electron chi connectivity index (χ3n) is 6.91. The lowest BCUT2D eigenvalue weighted by atomic mass is 9.90. The van der Waals surface area contributed by atoms with Crippen LogP contribution in [0.2, 0.25) is 0 Å². The lowest BCUT2D eigenvalue weighted by Crippen LogP contribution is -2.33. The first kappa shape index (κ1) is 27.0. The van der Waals surface area contributed by atoms with Crippen molar-refractivity contribution in [3.63, 3.8) is 0 Å². The van der Waals surface area contributed by atoms with E-state index in [1.54, 1.807) is 53.4 Å². The van der Waals surface area contributed by atoms with Crippen LogP contribution in [-0.2, 0) is 17.4 Å². The van der Waals surface area contributed by atoms with E-state index >= 15 is 0 Å². The number of halogens is 3. The zero-order valence-corrected chi connectivity index (χ0v) is 21.3. The Hall–Kier alpha value is -4.60. The maximum Gasteiger partial charge on any atom is 0.437 e. The van der Waals surface area contributed by atoms with Crippen molar-refractivity contribution in [2.45, 2.75) is 31.4 Å². The standard InChI is InChI=1S/C30H26F3N3O4/c31-30(32,33)27-26(40-29(35-27)36-16-14-23(15-17-36)20-4-2-1-3-5-20)28(39)34-24-12-10-22(11-13-24)21-8-6-19(7-9-21)18-25(37)38/h1-13,23H,14-18H2,(H,34,39)(H,37,38). The SMILES string of the molecule is O=C(O)Cc1ccc(-c2ccc(NC(=O)c3oc(N4CCC(c5ccccc5)CC4)nc3C(F)(F)F)cc2)cc1. The number of amides is 1. The minimum atomic E-state index is -4.87. The molecule has 0 saturated carbocycles. The van der Waals surface area contributed by atoms with E-state index in [9.17, 15) is 22.8 Å². The highest BCUT2D eigenvalue weighted by molar-refractivity contribution is 6.03. The van der Waals surface area contributed by atoms with Crippen LogP contribution < -0.4 is 10.2 Å². The number of benzene rings is 3. The first-order valence-electron chi connectivity index (χ1n) is 12.8. The number of alkyl halides is 3. The van der Waals surface area contributed by atoms with Crippen molar-refractivity contribution in [3.8, 4) is 11.1 Å². The van der Waals surface area contributed by atoms with E-state index in [4.69, 9.17) is 9.52 Å². The molecule has 0 unspecified atom stereocenters. The molecule has 3 aromatic carbocycles. The summed E-state index contributed by atoms with van der Waals surface area (Å²) < 4.78 is 46.8. The molecule has 2 N–H and O–H groups in total. The number of aliphatic carboxylic acids is 1. The van der Waals surface area contributed by atoms with Crippen molar-refractivity contribution in [1.82, 2.24) is 4.98 Å². The molecule has 7 nitrogen and oxygen atoms in total. The molecule has 1 amide bonds. The second kappa shape index (κ2) is 11.3. The fourth-order valence-electron chi connectivity index (χ4n) is 4.84. The summed E-state index contributed by atoms with van der Waals surface area (Å²) in [4.78, 5) is 29.1. The molecule has 206 valence electrons. The summed E-state index contributed by atoms with van der Waals surface area (Å²) >= 11 is 0. The van der Waals surface area contributed by atoms with Gasteiger partial charge in [-0.15, -0.1) is 0 Å². The fourth-order valence-corrected chi connectivity index (χ4v) is 4.84. The van der Waals surface area contributed by atoms with Crippen LogP contribution in [0.15, 0.2) is 83.3 Å². The Bertz CT molecular complexity index is 1480. The topological polar surface area (TPSA) is 95.7 Å². The van der Waals surface area contributed by atoms with Gasteiger partial charge in [0.1, 0.15) is 0 Å². The highest BCUT2D eigenvalue weighted by atomic mass is 19.4. The van der Waals surface area contributed by atoms with Crippen molar-refractivity contribution in [3.05, 3.63) is 101 Å². The van der Waals surface area contributed by atoms with E-state index in [1.165, 1.54) is 5.56 Å². The molecular formula is C30H26F3N3O4. The van der Waals surface area contributed by atoms with Crippen molar-refractivity contribution in [1.29, 1.82) is 0 Å². The zero-order valence-electron chi connectivity index (χ0n) is 21.3. The maximum atomic E-state index is 13.8. The van der Waals surface area contributed by atoms with Gasteiger partial charge in [0.15, 0.2) is 5.69 Å². The predicted octanol–water partition coefficient (Wildman–Crippen LogP) is 6.62. The Morgan fingerprint density at radius 2 is 1.52 bits per heavy atom. The molecule has 1 aromatic heterocycles. The summed E-state index contributed by atoms with van der Waals surface area (Å²) in [7, 11) is 0. The lowest BCUT2D eigenvalue weighted by Gasteiger charge is -2.31. The van der Waals surface area contributed by atoms with Gasteiger partial charge in [-0.05, 0) is 53.1 Å². The van der Waals surface area contributed by atoms with Crippen molar-refractivity contribution >= 4 is 23.6 Å². The minimum absolute atomic E-state index is 0.0829. The third kappa shape index (κ3) is 6.17. The van der Waals surface area contributed by atoms with Gasteiger partial charge in [0, 0.05) is 18.8 Å². The molecule has 0 aliphatic carbocycles. The number of piperidine rings is 1. The molecule has 0 spiro atoms. The Balaban J connectivity index is 1.28. The van der Waals surface area contributed by atoms with E-state index < -0.39 is 29.5 Å². The van der Waals surface area contributed by atoms with Gasteiger partial charge >= 0.3 is 12.1 Å². The quantitative estimate of drug-likeness (QED) is 0.269. The molecule has 10 heteroatoms. The number of carboxylic acid groups (broad SMARTS) is 1. The van der Waals surface area contributed by atoms with Crippen LogP contribution in [-0.4, -0.2) is 35.1 Å². The number of carbonyl (C=O) groups excluding carboxylic acids is 1.